The van der Waals surface area contributed by atoms with Gasteiger partial charge >= 0.3 is 0 Å². The molecule has 4 N–H and O–H groups in total. The monoisotopic (exact) mass is 408 g/mol. The van der Waals surface area contributed by atoms with Crippen molar-refractivity contribution in [1.82, 2.24) is 31.0 Å². The van der Waals surface area contributed by atoms with E-state index in [4.69, 9.17) is 0 Å². The lowest BCUT2D eigenvalue weighted by atomic mass is 10.0. The number of nitrogens with one attached hydrogen (secondary N) is 4. The number of carbonyl (C=O) groups excluding carboxylic acids is 3. The summed E-state index contributed by atoms with van der Waals surface area (Å²) in [6.07, 6.45) is 1.62. The lowest BCUT2D eigenvalue weighted by molar-refractivity contribution is -0.136. The van der Waals surface area contributed by atoms with E-state index >= 15 is 0 Å². The number of carbonyl (C=O) groups is 3. The van der Waals surface area contributed by atoms with Crippen LogP contribution in [0.3, 0.4) is 0 Å². The summed E-state index contributed by atoms with van der Waals surface area (Å²) >= 11 is 0. The molecule has 30 heavy (non-hydrogen) atoms. The number of hydrogen-bond donors (Lipinski definition) is 4. The molecule has 0 spiro atoms. The van der Waals surface area contributed by atoms with E-state index in [2.05, 4.69) is 26.1 Å². The standard InChI is InChI=1S/C21H24N6O3/c28-19-4-3-18(20(29)24-19)27-11-13-7-12(1-2-14(13)21(27)30)8-23-10-17-15-9-22-6-5-16(15)25-26-17/h1-2,7,18,22-23H,3-6,8-11H2,(H,25,26)(H,24,28,29). The van der Waals surface area contributed by atoms with Crippen LogP contribution in [-0.2, 0) is 42.2 Å². The molecule has 0 radical (unpaired) electrons. The van der Waals surface area contributed by atoms with E-state index in [1.54, 1.807) is 4.90 Å². The quantitative estimate of drug-likeness (QED) is 0.522. The van der Waals surface area contributed by atoms with Crippen LogP contribution >= 0.6 is 0 Å². The molecule has 1 unspecified atom stereocenters. The highest BCUT2D eigenvalue weighted by Crippen LogP contribution is 2.28. The number of rotatable bonds is 5. The molecule has 3 aliphatic rings. The van der Waals surface area contributed by atoms with Gasteiger partial charge in [-0.25, -0.2) is 0 Å². The van der Waals surface area contributed by atoms with Crippen molar-refractivity contribution >= 4 is 17.7 Å². The predicted octanol–water partition coefficient (Wildman–Crippen LogP) is 0.106. The molecule has 1 atom stereocenters. The Bertz CT molecular complexity index is 1030. The first-order chi connectivity index (χ1) is 14.6. The summed E-state index contributed by atoms with van der Waals surface area (Å²) in [5, 5.41) is 16.7. The van der Waals surface area contributed by atoms with Crippen molar-refractivity contribution in [1.29, 1.82) is 0 Å². The van der Waals surface area contributed by atoms with Crippen molar-refractivity contribution in [3.05, 3.63) is 51.8 Å². The van der Waals surface area contributed by atoms with Gasteiger partial charge in [-0.1, -0.05) is 12.1 Å². The van der Waals surface area contributed by atoms with Crippen LogP contribution in [0.15, 0.2) is 18.2 Å². The summed E-state index contributed by atoms with van der Waals surface area (Å²) in [6, 6.07) is 5.22. The summed E-state index contributed by atoms with van der Waals surface area (Å²) in [7, 11) is 0. The molecule has 4 heterocycles. The maximum Gasteiger partial charge on any atom is 0.255 e. The van der Waals surface area contributed by atoms with Crippen molar-refractivity contribution in [3.8, 4) is 0 Å². The van der Waals surface area contributed by atoms with E-state index in [0.717, 1.165) is 36.3 Å². The fourth-order valence-corrected chi connectivity index (χ4v) is 4.50. The average Bonchev–Trinajstić information content (AvgIpc) is 3.29. The highest BCUT2D eigenvalue weighted by Gasteiger charge is 2.39. The van der Waals surface area contributed by atoms with Crippen LogP contribution in [0.4, 0.5) is 0 Å². The zero-order valence-electron chi connectivity index (χ0n) is 16.6. The number of hydrogen-bond acceptors (Lipinski definition) is 6. The van der Waals surface area contributed by atoms with Crippen LogP contribution in [0.2, 0.25) is 0 Å². The van der Waals surface area contributed by atoms with E-state index in [0.29, 0.717) is 31.6 Å². The van der Waals surface area contributed by atoms with Gasteiger partial charge in [0.25, 0.3) is 5.91 Å². The van der Waals surface area contributed by atoms with Gasteiger partial charge in [-0.2, -0.15) is 5.10 Å². The Hall–Kier alpha value is -3.04. The number of aromatic amines is 1. The molecule has 2 aromatic rings. The van der Waals surface area contributed by atoms with Crippen molar-refractivity contribution in [3.63, 3.8) is 0 Å². The normalized spacial score (nSPS) is 20.9. The molecule has 5 rings (SSSR count). The van der Waals surface area contributed by atoms with Crippen molar-refractivity contribution in [2.75, 3.05) is 6.54 Å². The molecule has 1 fully saturated rings. The molecule has 3 aliphatic heterocycles. The summed E-state index contributed by atoms with van der Waals surface area (Å²) in [4.78, 5) is 37.9. The highest BCUT2D eigenvalue weighted by atomic mass is 16.2. The van der Waals surface area contributed by atoms with Crippen LogP contribution in [0, 0.1) is 0 Å². The van der Waals surface area contributed by atoms with Gasteiger partial charge in [0.2, 0.25) is 11.8 Å². The van der Waals surface area contributed by atoms with Crippen molar-refractivity contribution < 1.29 is 14.4 Å². The van der Waals surface area contributed by atoms with Crippen LogP contribution < -0.4 is 16.0 Å². The maximum atomic E-state index is 12.8. The van der Waals surface area contributed by atoms with E-state index in [-0.39, 0.29) is 24.1 Å². The van der Waals surface area contributed by atoms with Crippen molar-refractivity contribution in [2.24, 2.45) is 0 Å². The molecule has 9 heteroatoms. The molecule has 0 saturated carbocycles. The number of imide groups is 1. The fraction of sp³-hybridized carbons (Fsp3) is 0.429. The minimum Gasteiger partial charge on any atom is -0.322 e. The number of piperidine rings is 1. The number of fused-ring (bicyclic) bond motifs is 2. The zero-order chi connectivity index (χ0) is 20.7. The van der Waals surface area contributed by atoms with Crippen molar-refractivity contribution in [2.45, 2.75) is 51.5 Å². The zero-order valence-corrected chi connectivity index (χ0v) is 16.6. The number of aromatic nitrogens is 2. The largest absolute Gasteiger partial charge is 0.322 e. The van der Waals surface area contributed by atoms with E-state index in [1.807, 2.05) is 18.2 Å². The van der Waals surface area contributed by atoms with Gasteiger partial charge in [0.1, 0.15) is 6.04 Å². The Labute approximate surface area is 173 Å². The molecule has 0 bridgehead atoms. The summed E-state index contributed by atoms with van der Waals surface area (Å²) in [6.45, 7) is 3.55. The minimum absolute atomic E-state index is 0.144. The van der Waals surface area contributed by atoms with E-state index < -0.39 is 6.04 Å². The molecule has 0 aliphatic carbocycles. The molecular formula is C21H24N6O3. The minimum atomic E-state index is -0.580. The molecule has 3 amide bonds. The van der Waals surface area contributed by atoms with Gasteiger partial charge in [0, 0.05) is 62.4 Å². The smallest absolute Gasteiger partial charge is 0.255 e. The number of nitrogens with zero attached hydrogens (tertiary/aromatic N) is 2. The molecule has 9 nitrogen and oxygen atoms in total. The first-order valence-electron chi connectivity index (χ1n) is 10.3. The second-order valence-corrected chi connectivity index (χ2v) is 8.05. The maximum absolute atomic E-state index is 12.8. The Morgan fingerprint density at radius 3 is 2.93 bits per heavy atom. The van der Waals surface area contributed by atoms with Crippen LogP contribution in [-0.4, -0.2) is 45.4 Å². The second kappa shape index (κ2) is 7.66. The van der Waals surface area contributed by atoms with Gasteiger partial charge in [-0.15, -0.1) is 0 Å². The van der Waals surface area contributed by atoms with Crippen LogP contribution in [0.5, 0.6) is 0 Å². The first kappa shape index (κ1) is 19.0. The number of H-pyrrole nitrogens is 1. The Morgan fingerprint density at radius 1 is 1.17 bits per heavy atom. The summed E-state index contributed by atoms with van der Waals surface area (Å²) in [5.74, 6) is -0.802. The Kier molecular flexibility index (Phi) is 4.84. The van der Waals surface area contributed by atoms with E-state index in [1.165, 1.54) is 11.3 Å². The third-order valence-electron chi connectivity index (χ3n) is 6.10. The van der Waals surface area contributed by atoms with Crippen LogP contribution in [0.25, 0.3) is 0 Å². The third-order valence-corrected chi connectivity index (χ3v) is 6.10. The SMILES string of the molecule is O=C1CCC(N2Cc3cc(CNCc4n[nH]c5c4CNCC5)ccc3C2=O)C(=O)N1. The number of amides is 3. The molecular weight excluding hydrogens is 384 g/mol. The lowest BCUT2D eigenvalue weighted by Crippen LogP contribution is -2.52. The summed E-state index contributed by atoms with van der Waals surface area (Å²) < 4.78 is 0. The van der Waals surface area contributed by atoms with Gasteiger partial charge in [-0.05, 0) is 23.6 Å². The highest BCUT2D eigenvalue weighted by molar-refractivity contribution is 6.05. The molecule has 1 aromatic heterocycles. The fourth-order valence-electron chi connectivity index (χ4n) is 4.50. The Morgan fingerprint density at radius 2 is 2.07 bits per heavy atom. The van der Waals surface area contributed by atoms with Gasteiger partial charge < -0.3 is 15.5 Å². The van der Waals surface area contributed by atoms with Gasteiger partial charge in [-0.3, -0.25) is 24.8 Å². The topological polar surface area (TPSA) is 119 Å². The van der Waals surface area contributed by atoms with Crippen LogP contribution in [0.1, 0.15) is 51.3 Å². The lowest BCUT2D eigenvalue weighted by Gasteiger charge is -2.29. The predicted molar refractivity (Wildman–Crippen MR) is 107 cm³/mol. The molecule has 156 valence electrons. The molecule has 1 aromatic carbocycles. The summed E-state index contributed by atoms with van der Waals surface area (Å²) in [5.41, 5.74) is 6.15. The van der Waals surface area contributed by atoms with E-state index in [9.17, 15) is 14.4 Å². The Balaban J connectivity index is 1.23. The number of benzene rings is 1. The average molecular weight is 408 g/mol. The third kappa shape index (κ3) is 3.40. The molecule has 1 saturated heterocycles. The first-order valence-corrected chi connectivity index (χ1v) is 10.3. The van der Waals surface area contributed by atoms with Gasteiger partial charge in [0.05, 0.1) is 5.69 Å². The second-order valence-electron chi connectivity index (χ2n) is 8.05. The van der Waals surface area contributed by atoms with Gasteiger partial charge in [0.15, 0.2) is 0 Å².